The van der Waals surface area contributed by atoms with Crippen molar-refractivity contribution >= 4 is 11.8 Å². The highest BCUT2D eigenvalue weighted by atomic mass is 19.1. The quantitative estimate of drug-likeness (QED) is 0.861. The van der Waals surface area contributed by atoms with Crippen molar-refractivity contribution in [3.8, 4) is 0 Å². The molecule has 1 saturated carbocycles. The Balaban J connectivity index is 2.05. The molecule has 0 heterocycles. The molecule has 1 fully saturated rings. The van der Waals surface area contributed by atoms with Crippen molar-refractivity contribution in [2.24, 2.45) is 0 Å². The number of hydrogen-bond donors (Lipinski definition) is 1. The summed E-state index contributed by atoms with van der Waals surface area (Å²) in [6.07, 6.45) is 1.52. The first-order chi connectivity index (χ1) is 8.35. The first-order valence-electron chi connectivity index (χ1n) is 6.14. The largest absolute Gasteiger partial charge is 0.444 e. The van der Waals surface area contributed by atoms with Gasteiger partial charge in [-0.2, -0.15) is 0 Å². The minimum Gasteiger partial charge on any atom is -0.444 e. The molecule has 1 aliphatic carbocycles. The molecule has 1 aromatic rings. The molecule has 0 atom stereocenters. The van der Waals surface area contributed by atoms with Crippen LogP contribution >= 0.6 is 0 Å². The fourth-order valence-corrected chi connectivity index (χ4v) is 1.75. The van der Waals surface area contributed by atoms with Crippen LogP contribution in [-0.2, 0) is 4.74 Å². The van der Waals surface area contributed by atoms with E-state index in [4.69, 9.17) is 4.74 Å². The average molecular weight is 251 g/mol. The van der Waals surface area contributed by atoms with Crippen LogP contribution in [0.2, 0.25) is 0 Å². The number of anilines is 1. The van der Waals surface area contributed by atoms with E-state index in [-0.39, 0.29) is 5.82 Å². The normalized spacial score (nSPS) is 15.3. The molecule has 98 valence electrons. The number of ether oxygens (including phenoxy) is 1. The van der Waals surface area contributed by atoms with Gasteiger partial charge in [0.05, 0.1) is 0 Å². The number of rotatable bonds is 2. The first-order valence-corrected chi connectivity index (χ1v) is 6.14. The highest BCUT2D eigenvalue weighted by Crippen LogP contribution is 2.42. The van der Waals surface area contributed by atoms with Crippen molar-refractivity contribution in [3.63, 3.8) is 0 Å². The lowest BCUT2D eigenvalue weighted by atomic mass is 10.1. The second-order valence-corrected chi connectivity index (χ2v) is 5.64. The maximum atomic E-state index is 13.5. The Morgan fingerprint density at radius 3 is 2.61 bits per heavy atom. The molecule has 0 saturated heterocycles. The molecule has 3 nitrogen and oxygen atoms in total. The summed E-state index contributed by atoms with van der Waals surface area (Å²) in [5.41, 5.74) is 0.722. The van der Waals surface area contributed by atoms with E-state index in [1.54, 1.807) is 32.9 Å². The van der Waals surface area contributed by atoms with Gasteiger partial charge in [-0.1, -0.05) is 0 Å². The van der Waals surface area contributed by atoms with Gasteiger partial charge in [-0.05, 0) is 63.3 Å². The second-order valence-electron chi connectivity index (χ2n) is 5.64. The van der Waals surface area contributed by atoms with Crippen molar-refractivity contribution in [3.05, 3.63) is 29.6 Å². The fourth-order valence-electron chi connectivity index (χ4n) is 1.75. The second kappa shape index (κ2) is 4.59. The van der Waals surface area contributed by atoms with Gasteiger partial charge in [0, 0.05) is 5.69 Å². The molecule has 0 aliphatic heterocycles. The van der Waals surface area contributed by atoms with Gasteiger partial charge >= 0.3 is 6.09 Å². The van der Waals surface area contributed by atoms with E-state index in [1.165, 1.54) is 6.07 Å². The number of halogens is 1. The van der Waals surface area contributed by atoms with Crippen molar-refractivity contribution in [1.82, 2.24) is 0 Å². The Bertz CT molecular complexity index is 461. The lowest BCUT2D eigenvalue weighted by Gasteiger charge is -2.19. The Labute approximate surface area is 106 Å². The third-order valence-electron chi connectivity index (χ3n) is 2.66. The molecule has 0 spiro atoms. The van der Waals surface area contributed by atoms with Crippen molar-refractivity contribution in [1.29, 1.82) is 0 Å². The molecule has 1 aliphatic rings. The van der Waals surface area contributed by atoms with E-state index in [0.29, 0.717) is 17.2 Å². The smallest absolute Gasteiger partial charge is 0.412 e. The molecular formula is C14H18FNO2. The SMILES string of the molecule is CC(C)(C)OC(=O)Nc1ccc(F)c(C2CC2)c1. The molecule has 1 amide bonds. The molecule has 4 heteroatoms. The summed E-state index contributed by atoms with van der Waals surface area (Å²) >= 11 is 0. The summed E-state index contributed by atoms with van der Waals surface area (Å²) in [6, 6.07) is 4.63. The van der Waals surface area contributed by atoms with Crippen molar-refractivity contribution < 1.29 is 13.9 Å². The highest BCUT2D eigenvalue weighted by Gasteiger charge is 2.27. The molecular weight excluding hydrogens is 233 g/mol. The van der Waals surface area contributed by atoms with Crippen LogP contribution < -0.4 is 5.32 Å². The Hall–Kier alpha value is -1.58. The lowest BCUT2D eigenvalue weighted by molar-refractivity contribution is 0.0636. The van der Waals surface area contributed by atoms with Gasteiger partial charge in [-0.3, -0.25) is 5.32 Å². The Morgan fingerprint density at radius 2 is 2.06 bits per heavy atom. The molecule has 0 radical (unpaired) electrons. The van der Waals surface area contributed by atoms with E-state index in [0.717, 1.165) is 12.8 Å². The van der Waals surface area contributed by atoms with Crippen LogP contribution in [0.4, 0.5) is 14.9 Å². The monoisotopic (exact) mass is 251 g/mol. The van der Waals surface area contributed by atoms with E-state index in [1.807, 2.05) is 0 Å². The van der Waals surface area contributed by atoms with E-state index in [2.05, 4.69) is 5.32 Å². The molecule has 1 N–H and O–H groups in total. The zero-order valence-electron chi connectivity index (χ0n) is 10.9. The fraction of sp³-hybridized carbons (Fsp3) is 0.500. The molecule has 2 rings (SSSR count). The number of nitrogens with one attached hydrogen (secondary N) is 1. The molecule has 18 heavy (non-hydrogen) atoms. The standard InChI is InChI=1S/C14H18FNO2/c1-14(2,3)18-13(17)16-10-6-7-12(15)11(8-10)9-4-5-9/h6-9H,4-5H2,1-3H3,(H,16,17). The minimum atomic E-state index is -0.538. The van der Waals surface area contributed by atoms with Crippen molar-refractivity contribution in [2.45, 2.75) is 45.1 Å². The van der Waals surface area contributed by atoms with Crippen molar-refractivity contribution in [2.75, 3.05) is 5.32 Å². The van der Waals surface area contributed by atoms with E-state index >= 15 is 0 Å². The number of benzene rings is 1. The first kappa shape index (κ1) is 12.9. The number of carbonyl (C=O) groups is 1. The lowest BCUT2D eigenvalue weighted by Crippen LogP contribution is -2.27. The highest BCUT2D eigenvalue weighted by molar-refractivity contribution is 5.85. The van der Waals surface area contributed by atoms with Gasteiger partial charge in [0.2, 0.25) is 0 Å². The van der Waals surface area contributed by atoms with Crippen LogP contribution in [0.1, 0.15) is 45.1 Å². The Morgan fingerprint density at radius 1 is 1.39 bits per heavy atom. The van der Waals surface area contributed by atoms with Gasteiger partial charge in [-0.15, -0.1) is 0 Å². The summed E-state index contributed by atoms with van der Waals surface area (Å²) in [7, 11) is 0. The summed E-state index contributed by atoms with van der Waals surface area (Å²) in [4.78, 5) is 11.6. The van der Waals surface area contributed by atoms with Crippen LogP contribution in [0.25, 0.3) is 0 Å². The minimum absolute atomic E-state index is 0.202. The number of hydrogen-bond acceptors (Lipinski definition) is 2. The zero-order chi connectivity index (χ0) is 13.3. The third kappa shape index (κ3) is 3.45. The third-order valence-corrected chi connectivity index (χ3v) is 2.66. The average Bonchev–Trinajstić information content (AvgIpc) is 3.01. The summed E-state index contributed by atoms with van der Waals surface area (Å²) in [5, 5.41) is 2.62. The van der Waals surface area contributed by atoms with Gasteiger partial charge < -0.3 is 4.74 Å². The van der Waals surface area contributed by atoms with Gasteiger partial charge in [0.25, 0.3) is 0 Å². The van der Waals surface area contributed by atoms with Gasteiger partial charge in [0.15, 0.2) is 0 Å². The summed E-state index contributed by atoms with van der Waals surface area (Å²) in [6.45, 7) is 5.40. The topological polar surface area (TPSA) is 38.3 Å². The molecule has 0 aromatic heterocycles. The number of carbonyl (C=O) groups excluding carboxylic acids is 1. The van der Waals surface area contributed by atoms with Crippen LogP contribution in [0, 0.1) is 5.82 Å². The summed E-state index contributed by atoms with van der Waals surface area (Å²) in [5.74, 6) is 0.109. The molecule has 0 unspecified atom stereocenters. The maximum Gasteiger partial charge on any atom is 0.412 e. The predicted molar refractivity (Wildman–Crippen MR) is 68.2 cm³/mol. The van der Waals surface area contributed by atoms with Crippen LogP contribution in [0.15, 0.2) is 18.2 Å². The maximum absolute atomic E-state index is 13.5. The van der Waals surface area contributed by atoms with Crippen LogP contribution in [0.3, 0.4) is 0 Å². The molecule has 0 bridgehead atoms. The predicted octanol–water partition coefficient (Wildman–Crippen LogP) is 4.05. The van der Waals surface area contributed by atoms with Crippen LogP contribution in [-0.4, -0.2) is 11.7 Å². The van der Waals surface area contributed by atoms with E-state index < -0.39 is 11.7 Å². The van der Waals surface area contributed by atoms with E-state index in [9.17, 15) is 9.18 Å². The van der Waals surface area contributed by atoms with Gasteiger partial charge in [-0.25, -0.2) is 9.18 Å². The molecule has 1 aromatic carbocycles. The summed E-state index contributed by atoms with van der Waals surface area (Å²) < 4.78 is 18.7. The number of amides is 1. The van der Waals surface area contributed by atoms with Gasteiger partial charge in [0.1, 0.15) is 11.4 Å². The zero-order valence-corrected chi connectivity index (χ0v) is 10.9. The van der Waals surface area contributed by atoms with Crippen LogP contribution in [0.5, 0.6) is 0 Å². The Kier molecular flexibility index (Phi) is 3.28.